The van der Waals surface area contributed by atoms with Gasteiger partial charge in [0.1, 0.15) is 12.6 Å². The number of rotatable bonds is 7. The Morgan fingerprint density at radius 3 is 2.31 bits per heavy atom. The summed E-state index contributed by atoms with van der Waals surface area (Å²) in [6.45, 7) is 1.17. The van der Waals surface area contributed by atoms with E-state index in [2.05, 4.69) is 27.9 Å². The third-order valence-corrected chi connectivity index (χ3v) is 4.13. The molecule has 6 nitrogen and oxygen atoms in total. The van der Waals surface area contributed by atoms with Gasteiger partial charge in [0.25, 0.3) is 0 Å². The normalized spacial score (nSPS) is 11.3. The second kappa shape index (κ2) is 9.91. The predicted molar refractivity (Wildman–Crippen MR) is 104 cm³/mol. The number of hydrogen-bond donors (Lipinski definition) is 1. The number of ketones is 1. The van der Waals surface area contributed by atoms with E-state index >= 15 is 0 Å². The van der Waals surface area contributed by atoms with Crippen LogP contribution in [0.5, 0.6) is 0 Å². The highest BCUT2D eigenvalue weighted by molar-refractivity contribution is 14.1. The summed E-state index contributed by atoms with van der Waals surface area (Å²) in [5, 5.41) is 2.37. The molecule has 0 aliphatic rings. The number of nitrogens with one attached hydrogen (secondary N) is 1. The Morgan fingerprint density at radius 2 is 1.65 bits per heavy atom. The minimum absolute atomic E-state index is 0.0970. The maximum absolute atomic E-state index is 12.0. The number of benzene rings is 2. The molecule has 0 radical (unpaired) electrons. The molecule has 2 rings (SSSR count). The fourth-order valence-corrected chi connectivity index (χ4v) is 2.34. The van der Waals surface area contributed by atoms with Gasteiger partial charge in [-0.25, -0.2) is 9.59 Å². The molecule has 0 spiro atoms. The van der Waals surface area contributed by atoms with Gasteiger partial charge in [-0.15, -0.1) is 0 Å². The van der Waals surface area contributed by atoms with Crippen LogP contribution in [0, 0.1) is 3.57 Å². The van der Waals surface area contributed by atoms with Gasteiger partial charge in [-0.3, -0.25) is 4.79 Å². The SMILES string of the molecule is C[C@@H](NC(=O)OCc1ccccc1)C(=O)OCC(=O)c1ccc(I)cc1. The maximum Gasteiger partial charge on any atom is 0.408 e. The van der Waals surface area contributed by atoms with E-state index < -0.39 is 18.1 Å². The molecule has 0 unspecified atom stereocenters. The van der Waals surface area contributed by atoms with E-state index in [4.69, 9.17) is 9.47 Å². The summed E-state index contributed by atoms with van der Waals surface area (Å²) in [7, 11) is 0. The molecular weight excluding hydrogens is 449 g/mol. The number of alkyl carbamates (subject to hydrolysis) is 1. The Balaban J connectivity index is 1.73. The van der Waals surface area contributed by atoms with Gasteiger partial charge in [-0.2, -0.15) is 0 Å². The van der Waals surface area contributed by atoms with Crippen molar-refractivity contribution < 1.29 is 23.9 Å². The Hall–Kier alpha value is -2.42. The van der Waals surface area contributed by atoms with E-state index in [9.17, 15) is 14.4 Å². The minimum Gasteiger partial charge on any atom is -0.456 e. The van der Waals surface area contributed by atoms with Crippen LogP contribution in [0.2, 0.25) is 0 Å². The average Bonchev–Trinajstić information content (AvgIpc) is 2.65. The summed E-state index contributed by atoms with van der Waals surface area (Å²) in [4.78, 5) is 35.6. The lowest BCUT2D eigenvalue weighted by Crippen LogP contribution is -2.40. The number of esters is 1. The van der Waals surface area contributed by atoms with Gasteiger partial charge in [0.15, 0.2) is 12.4 Å². The topological polar surface area (TPSA) is 81.7 Å². The van der Waals surface area contributed by atoms with Gasteiger partial charge in [0, 0.05) is 9.13 Å². The zero-order chi connectivity index (χ0) is 18.9. The second-order valence-corrected chi connectivity index (χ2v) is 6.71. The summed E-state index contributed by atoms with van der Waals surface area (Å²) < 4.78 is 11.0. The maximum atomic E-state index is 12.0. The highest BCUT2D eigenvalue weighted by Crippen LogP contribution is 2.08. The quantitative estimate of drug-likeness (QED) is 0.384. The van der Waals surface area contributed by atoms with E-state index in [0.717, 1.165) is 9.13 Å². The van der Waals surface area contributed by atoms with Gasteiger partial charge < -0.3 is 14.8 Å². The molecule has 0 saturated heterocycles. The molecule has 1 atom stereocenters. The number of Topliss-reactive ketones (excluding diaryl/α,β-unsaturated/α-hetero) is 1. The first-order valence-corrected chi connectivity index (χ1v) is 8.96. The molecule has 1 N–H and O–H groups in total. The lowest BCUT2D eigenvalue weighted by atomic mass is 10.1. The Morgan fingerprint density at radius 1 is 1.00 bits per heavy atom. The van der Waals surface area contributed by atoms with Crippen LogP contribution in [0.15, 0.2) is 54.6 Å². The Kier molecular flexibility index (Phi) is 7.58. The molecule has 136 valence electrons. The largest absolute Gasteiger partial charge is 0.456 e. The first-order chi connectivity index (χ1) is 12.5. The molecule has 0 fully saturated rings. The number of ether oxygens (including phenoxy) is 2. The van der Waals surface area contributed by atoms with Crippen molar-refractivity contribution in [3.8, 4) is 0 Å². The molecule has 0 aliphatic carbocycles. The third kappa shape index (κ3) is 6.47. The van der Waals surface area contributed by atoms with Crippen LogP contribution in [0.25, 0.3) is 0 Å². The van der Waals surface area contributed by atoms with Crippen LogP contribution >= 0.6 is 22.6 Å². The average molecular weight is 467 g/mol. The first kappa shape index (κ1) is 19.9. The van der Waals surface area contributed by atoms with Crippen molar-refractivity contribution in [2.24, 2.45) is 0 Å². The minimum atomic E-state index is -0.928. The van der Waals surface area contributed by atoms with Gasteiger partial charge >= 0.3 is 12.1 Å². The second-order valence-electron chi connectivity index (χ2n) is 5.47. The number of hydrogen-bond acceptors (Lipinski definition) is 5. The van der Waals surface area contributed by atoms with Crippen molar-refractivity contribution in [1.29, 1.82) is 0 Å². The molecule has 2 aromatic carbocycles. The molecule has 0 saturated carbocycles. The lowest BCUT2D eigenvalue weighted by molar-refractivity contribution is -0.144. The van der Waals surface area contributed by atoms with Gasteiger partial charge in [0.05, 0.1) is 0 Å². The number of amides is 1. The molecule has 0 aliphatic heterocycles. The van der Waals surface area contributed by atoms with Crippen LogP contribution in [-0.2, 0) is 20.9 Å². The van der Waals surface area contributed by atoms with E-state index in [1.807, 2.05) is 30.3 Å². The fraction of sp³-hybridized carbons (Fsp3) is 0.211. The van der Waals surface area contributed by atoms with Crippen LogP contribution in [0.1, 0.15) is 22.8 Å². The molecule has 0 bridgehead atoms. The fourth-order valence-electron chi connectivity index (χ4n) is 1.98. The van der Waals surface area contributed by atoms with Crippen molar-refractivity contribution in [2.75, 3.05) is 6.61 Å². The van der Waals surface area contributed by atoms with Crippen molar-refractivity contribution in [2.45, 2.75) is 19.6 Å². The number of carbonyl (C=O) groups excluding carboxylic acids is 3. The van der Waals surface area contributed by atoms with E-state index in [-0.39, 0.29) is 19.0 Å². The summed E-state index contributed by atoms with van der Waals surface area (Å²) >= 11 is 2.13. The van der Waals surface area contributed by atoms with Crippen LogP contribution in [-0.4, -0.2) is 30.5 Å². The van der Waals surface area contributed by atoms with Gasteiger partial charge in [-0.1, -0.05) is 42.5 Å². The summed E-state index contributed by atoms with van der Waals surface area (Å²) in [6.07, 6.45) is -0.734. The molecular formula is C19H18INO5. The summed E-state index contributed by atoms with van der Waals surface area (Å²) in [5.74, 6) is -1.02. The van der Waals surface area contributed by atoms with Gasteiger partial charge in [0.2, 0.25) is 0 Å². The molecule has 26 heavy (non-hydrogen) atoms. The Bertz CT molecular complexity index is 761. The Labute approximate surface area is 165 Å². The predicted octanol–water partition coefficient (Wildman–Crippen LogP) is 3.33. The number of halogens is 1. The molecule has 7 heteroatoms. The lowest BCUT2D eigenvalue weighted by Gasteiger charge is -2.13. The van der Waals surface area contributed by atoms with Crippen LogP contribution < -0.4 is 5.32 Å². The zero-order valence-electron chi connectivity index (χ0n) is 14.1. The van der Waals surface area contributed by atoms with Crippen molar-refractivity contribution in [3.05, 3.63) is 69.3 Å². The van der Waals surface area contributed by atoms with E-state index in [1.54, 1.807) is 24.3 Å². The van der Waals surface area contributed by atoms with Crippen LogP contribution in [0.4, 0.5) is 4.79 Å². The van der Waals surface area contributed by atoms with Crippen molar-refractivity contribution >= 4 is 40.4 Å². The van der Waals surface area contributed by atoms with Crippen LogP contribution in [0.3, 0.4) is 0 Å². The monoisotopic (exact) mass is 467 g/mol. The highest BCUT2D eigenvalue weighted by Gasteiger charge is 2.19. The smallest absolute Gasteiger partial charge is 0.408 e. The standard InChI is InChI=1S/C19H18INO5/c1-13(21-19(24)26-11-14-5-3-2-4-6-14)18(23)25-12-17(22)15-7-9-16(20)10-8-15/h2-10,13H,11-12H2,1H3,(H,21,24)/t13-/m1/s1. The first-order valence-electron chi connectivity index (χ1n) is 7.88. The van der Waals surface area contributed by atoms with Gasteiger partial charge in [-0.05, 0) is 47.2 Å². The van der Waals surface area contributed by atoms with E-state index in [1.165, 1.54) is 6.92 Å². The molecule has 2 aromatic rings. The zero-order valence-corrected chi connectivity index (χ0v) is 16.3. The van der Waals surface area contributed by atoms with E-state index in [0.29, 0.717) is 5.56 Å². The molecule has 0 aromatic heterocycles. The van der Waals surface area contributed by atoms with Crippen molar-refractivity contribution in [1.82, 2.24) is 5.32 Å². The summed E-state index contributed by atoms with van der Waals surface area (Å²) in [5.41, 5.74) is 1.29. The molecule has 1 amide bonds. The third-order valence-electron chi connectivity index (χ3n) is 3.41. The highest BCUT2D eigenvalue weighted by atomic mass is 127. The molecule has 0 heterocycles. The summed E-state index contributed by atoms with van der Waals surface area (Å²) in [6, 6.07) is 15.2. The van der Waals surface area contributed by atoms with Crippen molar-refractivity contribution in [3.63, 3.8) is 0 Å². The number of carbonyl (C=O) groups is 3.